The van der Waals surface area contributed by atoms with E-state index >= 15 is 0 Å². The minimum absolute atomic E-state index is 0.0472. The maximum absolute atomic E-state index is 14.1. The van der Waals surface area contributed by atoms with Crippen molar-refractivity contribution < 1.29 is 18.3 Å². The van der Waals surface area contributed by atoms with E-state index in [4.69, 9.17) is 4.74 Å². The fourth-order valence-corrected chi connectivity index (χ4v) is 3.74. The first-order valence-corrected chi connectivity index (χ1v) is 9.21. The second-order valence-electron chi connectivity index (χ2n) is 6.87. The molecule has 2 saturated heterocycles. The molecule has 2 aliphatic rings. The Balaban J connectivity index is 1.68. The van der Waals surface area contributed by atoms with Crippen LogP contribution >= 0.6 is 0 Å². The molecule has 6 heteroatoms. The topological polar surface area (TPSA) is 32.8 Å². The lowest BCUT2D eigenvalue weighted by Gasteiger charge is -2.35. The predicted molar refractivity (Wildman–Crippen MR) is 91.5 cm³/mol. The zero-order chi connectivity index (χ0) is 17.6. The van der Waals surface area contributed by atoms with Gasteiger partial charge in [0.2, 0.25) is 0 Å². The molecular formula is C19H26F2N2O2. The standard InChI is InChI=1S/C19H26F2N2O2/c20-15-4-5-17(18(21)14-15)19(24)23(16-6-12-25-13-7-16)11-3-10-22-8-1-2-9-22/h4-5,14,16H,1-3,6-13H2. The molecule has 0 N–H and O–H groups in total. The molecule has 25 heavy (non-hydrogen) atoms. The van der Waals surface area contributed by atoms with Gasteiger partial charge in [-0.2, -0.15) is 0 Å². The van der Waals surface area contributed by atoms with Gasteiger partial charge in [-0.25, -0.2) is 8.78 Å². The fourth-order valence-electron chi connectivity index (χ4n) is 3.74. The summed E-state index contributed by atoms with van der Waals surface area (Å²) in [5.41, 5.74) is -0.0472. The highest BCUT2D eigenvalue weighted by Gasteiger charge is 2.28. The van der Waals surface area contributed by atoms with Crippen molar-refractivity contribution in [2.45, 2.75) is 38.1 Å². The lowest BCUT2D eigenvalue weighted by molar-refractivity contribution is 0.0279. The van der Waals surface area contributed by atoms with Crippen molar-refractivity contribution in [1.82, 2.24) is 9.80 Å². The zero-order valence-corrected chi connectivity index (χ0v) is 14.6. The minimum atomic E-state index is -0.790. The molecule has 138 valence electrons. The Hall–Kier alpha value is -1.53. The summed E-state index contributed by atoms with van der Waals surface area (Å²) in [7, 11) is 0. The first kappa shape index (κ1) is 18.3. The van der Waals surface area contributed by atoms with Gasteiger partial charge >= 0.3 is 0 Å². The molecule has 0 spiro atoms. The molecule has 0 unspecified atom stereocenters. The van der Waals surface area contributed by atoms with E-state index in [-0.39, 0.29) is 17.5 Å². The molecule has 4 nitrogen and oxygen atoms in total. The number of amides is 1. The van der Waals surface area contributed by atoms with E-state index in [9.17, 15) is 13.6 Å². The van der Waals surface area contributed by atoms with Crippen LogP contribution in [0, 0.1) is 11.6 Å². The summed E-state index contributed by atoms with van der Waals surface area (Å²) < 4.78 is 32.6. The molecule has 0 saturated carbocycles. The Morgan fingerprint density at radius 2 is 1.92 bits per heavy atom. The zero-order valence-electron chi connectivity index (χ0n) is 14.6. The quantitative estimate of drug-likeness (QED) is 0.789. The number of likely N-dealkylation sites (tertiary alicyclic amines) is 1. The van der Waals surface area contributed by atoms with Crippen LogP contribution in [0.4, 0.5) is 8.78 Å². The van der Waals surface area contributed by atoms with E-state index in [1.165, 1.54) is 18.9 Å². The Labute approximate surface area is 147 Å². The molecule has 1 amide bonds. The molecule has 0 aliphatic carbocycles. The largest absolute Gasteiger partial charge is 0.381 e. The van der Waals surface area contributed by atoms with Gasteiger partial charge < -0.3 is 14.5 Å². The molecule has 2 heterocycles. The smallest absolute Gasteiger partial charge is 0.257 e. The molecular weight excluding hydrogens is 326 g/mol. The van der Waals surface area contributed by atoms with Gasteiger partial charge in [0.15, 0.2) is 0 Å². The lowest BCUT2D eigenvalue weighted by Crippen LogP contribution is -2.45. The van der Waals surface area contributed by atoms with E-state index in [1.54, 1.807) is 4.90 Å². The molecule has 1 aromatic rings. The molecule has 0 radical (unpaired) electrons. The maximum Gasteiger partial charge on any atom is 0.257 e. The molecule has 2 fully saturated rings. The van der Waals surface area contributed by atoms with Gasteiger partial charge in [0.1, 0.15) is 11.6 Å². The van der Waals surface area contributed by atoms with Crippen LogP contribution in [0.15, 0.2) is 18.2 Å². The highest BCUT2D eigenvalue weighted by Crippen LogP contribution is 2.20. The maximum atomic E-state index is 14.1. The number of carbonyl (C=O) groups excluding carboxylic acids is 1. The monoisotopic (exact) mass is 352 g/mol. The van der Waals surface area contributed by atoms with Crippen LogP contribution in [0.5, 0.6) is 0 Å². The average Bonchev–Trinajstić information content (AvgIpc) is 3.12. The Bertz CT molecular complexity index is 585. The summed E-state index contributed by atoms with van der Waals surface area (Å²) >= 11 is 0. The third-order valence-corrected chi connectivity index (χ3v) is 5.13. The highest BCUT2D eigenvalue weighted by atomic mass is 19.1. The summed E-state index contributed by atoms with van der Waals surface area (Å²) in [6.07, 6.45) is 4.87. The van der Waals surface area contributed by atoms with Gasteiger partial charge in [-0.1, -0.05) is 0 Å². The summed E-state index contributed by atoms with van der Waals surface area (Å²) in [6, 6.07) is 3.23. The molecule has 0 bridgehead atoms. The first-order valence-electron chi connectivity index (χ1n) is 9.21. The second kappa shape index (κ2) is 8.72. The van der Waals surface area contributed by atoms with Crippen LogP contribution in [0.25, 0.3) is 0 Å². The van der Waals surface area contributed by atoms with Gasteiger partial charge in [0.25, 0.3) is 5.91 Å². The van der Waals surface area contributed by atoms with E-state index in [2.05, 4.69) is 4.90 Å². The Morgan fingerprint density at radius 3 is 2.60 bits per heavy atom. The molecule has 3 rings (SSSR count). The molecule has 0 atom stereocenters. The number of benzene rings is 1. The summed E-state index contributed by atoms with van der Waals surface area (Å²) in [5, 5.41) is 0. The normalized spacial score (nSPS) is 19.3. The molecule has 2 aliphatic heterocycles. The van der Waals surface area contributed by atoms with Crippen molar-refractivity contribution in [3.05, 3.63) is 35.4 Å². The van der Waals surface area contributed by atoms with Crippen molar-refractivity contribution in [1.29, 1.82) is 0 Å². The van der Waals surface area contributed by atoms with Crippen LogP contribution in [-0.2, 0) is 4.74 Å². The van der Waals surface area contributed by atoms with Gasteiger partial charge in [-0.3, -0.25) is 4.79 Å². The van der Waals surface area contributed by atoms with Crippen molar-refractivity contribution >= 4 is 5.91 Å². The number of ether oxygens (including phenoxy) is 1. The van der Waals surface area contributed by atoms with Crippen LogP contribution in [0.2, 0.25) is 0 Å². The van der Waals surface area contributed by atoms with Crippen LogP contribution < -0.4 is 0 Å². The van der Waals surface area contributed by atoms with Crippen molar-refractivity contribution in [2.24, 2.45) is 0 Å². The highest BCUT2D eigenvalue weighted by molar-refractivity contribution is 5.94. The molecule has 0 aromatic heterocycles. The van der Waals surface area contributed by atoms with E-state index < -0.39 is 11.6 Å². The van der Waals surface area contributed by atoms with Crippen LogP contribution in [0.3, 0.4) is 0 Å². The third kappa shape index (κ3) is 4.76. The first-order chi connectivity index (χ1) is 12.1. The van der Waals surface area contributed by atoms with Crippen molar-refractivity contribution in [2.75, 3.05) is 39.4 Å². The van der Waals surface area contributed by atoms with Gasteiger partial charge in [-0.15, -0.1) is 0 Å². The van der Waals surface area contributed by atoms with E-state index in [0.717, 1.165) is 51.0 Å². The Morgan fingerprint density at radius 1 is 1.20 bits per heavy atom. The minimum Gasteiger partial charge on any atom is -0.381 e. The molecule has 1 aromatic carbocycles. The van der Waals surface area contributed by atoms with Crippen LogP contribution in [-0.4, -0.2) is 61.1 Å². The van der Waals surface area contributed by atoms with Crippen molar-refractivity contribution in [3.8, 4) is 0 Å². The van der Waals surface area contributed by atoms with Crippen molar-refractivity contribution in [3.63, 3.8) is 0 Å². The summed E-state index contributed by atoms with van der Waals surface area (Å²) in [4.78, 5) is 17.1. The third-order valence-electron chi connectivity index (χ3n) is 5.13. The lowest BCUT2D eigenvalue weighted by atomic mass is 10.0. The van der Waals surface area contributed by atoms with Gasteiger partial charge in [0, 0.05) is 31.9 Å². The predicted octanol–water partition coefficient (Wildman–Crippen LogP) is 3.07. The average molecular weight is 352 g/mol. The number of halogens is 2. The summed E-state index contributed by atoms with van der Waals surface area (Å²) in [6.45, 7) is 5.03. The fraction of sp³-hybridized carbons (Fsp3) is 0.632. The Kier molecular flexibility index (Phi) is 6.37. The number of hydrogen-bond acceptors (Lipinski definition) is 3. The van der Waals surface area contributed by atoms with E-state index in [1.807, 2.05) is 0 Å². The van der Waals surface area contributed by atoms with E-state index in [0.29, 0.717) is 19.8 Å². The number of rotatable bonds is 6. The number of nitrogens with zero attached hydrogens (tertiary/aromatic N) is 2. The summed E-state index contributed by atoms with van der Waals surface area (Å²) in [5.74, 6) is -1.80. The van der Waals surface area contributed by atoms with Crippen LogP contribution in [0.1, 0.15) is 42.5 Å². The van der Waals surface area contributed by atoms with Gasteiger partial charge in [-0.05, 0) is 63.9 Å². The SMILES string of the molecule is O=C(c1ccc(F)cc1F)N(CCCN1CCCC1)C1CCOCC1. The number of hydrogen-bond donors (Lipinski definition) is 0. The van der Waals surface area contributed by atoms with Gasteiger partial charge in [0.05, 0.1) is 5.56 Å². The second-order valence-corrected chi connectivity index (χ2v) is 6.87. The number of carbonyl (C=O) groups is 1.